The van der Waals surface area contributed by atoms with Crippen LogP contribution < -0.4 is 11.1 Å². The third-order valence-corrected chi connectivity index (χ3v) is 4.57. The molecule has 98 valence electrons. The molecule has 3 N–H and O–H groups in total. The first-order chi connectivity index (χ1) is 8.48. The summed E-state index contributed by atoms with van der Waals surface area (Å²) < 4.78 is 0.156. The van der Waals surface area contributed by atoms with Gasteiger partial charge < -0.3 is 11.1 Å². The topological polar surface area (TPSA) is 80.9 Å². The average Bonchev–Trinajstić information content (AvgIpc) is 2.72. The third-order valence-electron chi connectivity index (χ3n) is 3.03. The van der Waals surface area contributed by atoms with Crippen molar-refractivity contribution in [2.45, 2.75) is 31.4 Å². The van der Waals surface area contributed by atoms with Crippen molar-refractivity contribution in [2.24, 2.45) is 0 Å². The van der Waals surface area contributed by atoms with Crippen molar-refractivity contribution in [3.8, 4) is 0 Å². The molecule has 1 fully saturated rings. The summed E-state index contributed by atoms with van der Waals surface area (Å²) in [5, 5.41) is 2.93. The molecule has 0 saturated carbocycles. The van der Waals surface area contributed by atoms with Gasteiger partial charge in [-0.3, -0.25) is 4.79 Å². The molecule has 0 aromatic carbocycles. The number of carbonyl (C=O) groups excluding carboxylic acids is 1. The Morgan fingerprint density at radius 2 is 2.39 bits per heavy atom. The van der Waals surface area contributed by atoms with E-state index in [1.165, 1.54) is 12.2 Å². The van der Waals surface area contributed by atoms with Gasteiger partial charge >= 0.3 is 0 Å². The predicted molar refractivity (Wildman–Crippen MR) is 73.6 cm³/mol. The molecule has 0 aliphatic carbocycles. The first-order valence-electron chi connectivity index (χ1n) is 6.02. The molecule has 6 heteroatoms. The Morgan fingerprint density at radius 1 is 1.61 bits per heavy atom. The molecular formula is C12H18N4OS. The van der Waals surface area contributed by atoms with E-state index in [4.69, 9.17) is 5.73 Å². The van der Waals surface area contributed by atoms with Gasteiger partial charge in [0, 0.05) is 17.0 Å². The lowest BCUT2D eigenvalue weighted by atomic mass is 10.1. The van der Waals surface area contributed by atoms with Gasteiger partial charge in [-0.05, 0) is 38.5 Å². The normalized spacial score (nSPS) is 23.0. The largest absolute Gasteiger partial charge is 0.368 e. The lowest BCUT2D eigenvalue weighted by molar-refractivity contribution is 0.0945. The van der Waals surface area contributed by atoms with E-state index in [0.29, 0.717) is 17.9 Å². The molecule has 18 heavy (non-hydrogen) atoms. The maximum absolute atomic E-state index is 12.0. The van der Waals surface area contributed by atoms with Crippen molar-refractivity contribution in [3.63, 3.8) is 0 Å². The minimum atomic E-state index is -0.180. The number of rotatable bonds is 3. The highest BCUT2D eigenvalue weighted by Gasteiger charge is 2.29. The van der Waals surface area contributed by atoms with Crippen LogP contribution >= 0.6 is 11.8 Å². The Labute approximate surface area is 111 Å². The summed E-state index contributed by atoms with van der Waals surface area (Å²) >= 11 is 1.92. The van der Waals surface area contributed by atoms with E-state index in [1.54, 1.807) is 13.0 Å². The third kappa shape index (κ3) is 3.13. The van der Waals surface area contributed by atoms with E-state index < -0.39 is 0 Å². The highest BCUT2D eigenvalue weighted by atomic mass is 32.2. The Morgan fingerprint density at radius 3 is 3.00 bits per heavy atom. The molecule has 1 aliphatic heterocycles. The van der Waals surface area contributed by atoms with E-state index in [9.17, 15) is 4.79 Å². The average molecular weight is 266 g/mol. The number of aromatic nitrogens is 2. The number of nitrogens with two attached hydrogens (primary N) is 1. The van der Waals surface area contributed by atoms with Crippen LogP contribution in [0.2, 0.25) is 0 Å². The molecule has 2 heterocycles. The minimum Gasteiger partial charge on any atom is -0.368 e. The number of anilines is 1. The molecular weight excluding hydrogens is 248 g/mol. The second-order valence-electron chi connectivity index (χ2n) is 4.84. The molecule has 1 atom stereocenters. The van der Waals surface area contributed by atoms with E-state index in [2.05, 4.69) is 22.2 Å². The number of nitrogens with one attached hydrogen (secondary N) is 1. The van der Waals surface area contributed by atoms with Crippen molar-refractivity contribution < 1.29 is 4.79 Å². The fourth-order valence-corrected chi connectivity index (χ4v) is 3.29. The smallest absolute Gasteiger partial charge is 0.270 e. The van der Waals surface area contributed by atoms with Gasteiger partial charge in [0.1, 0.15) is 5.69 Å². The van der Waals surface area contributed by atoms with Crippen molar-refractivity contribution in [1.82, 2.24) is 15.3 Å². The van der Waals surface area contributed by atoms with Crippen molar-refractivity contribution in [3.05, 3.63) is 17.5 Å². The lowest BCUT2D eigenvalue weighted by Gasteiger charge is -2.22. The van der Waals surface area contributed by atoms with E-state index in [-0.39, 0.29) is 16.6 Å². The molecule has 5 nitrogen and oxygen atoms in total. The summed E-state index contributed by atoms with van der Waals surface area (Å²) in [6.07, 6.45) is 2.36. The Kier molecular flexibility index (Phi) is 3.75. The van der Waals surface area contributed by atoms with Gasteiger partial charge in [0.15, 0.2) is 0 Å². The zero-order chi connectivity index (χ0) is 13.2. The number of hydrogen-bond acceptors (Lipinski definition) is 5. The standard InChI is InChI=1S/C12H18N4OS/c1-8-6-9(16-11(13)15-8)10(17)14-7-12(2)4-3-5-18-12/h6H,3-5,7H2,1-2H3,(H,14,17)(H2,13,15,16). The van der Waals surface area contributed by atoms with Crippen LogP contribution in [0.3, 0.4) is 0 Å². The SMILES string of the molecule is Cc1cc(C(=O)NCC2(C)CCCS2)nc(N)n1. The first kappa shape index (κ1) is 13.1. The summed E-state index contributed by atoms with van der Waals surface area (Å²) in [7, 11) is 0. The zero-order valence-corrected chi connectivity index (χ0v) is 11.5. The molecule has 1 aromatic heterocycles. The zero-order valence-electron chi connectivity index (χ0n) is 10.7. The van der Waals surface area contributed by atoms with Gasteiger partial charge in [0.05, 0.1) is 0 Å². The summed E-state index contributed by atoms with van der Waals surface area (Å²) in [6.45, 7) is 4.65. The first-order valence-corrected chi connectivity index (χ1v) is 7.00. The Bertz CT molecular complexity index is 437. The summed E-state index contributed by atoms with van der Waals surface area (Å²) in [5.41, 5.74) is 6.58. The molecule has 1 aromatic rings. The molecule has 0 radical (unpaired) electrons. The van der Waals surface area contributed by atoms with Gasteiger partial charge in [0.2, 0.25) is 5.95 Å². The summed E-state index contributed by atoms with van der Waals surface area (Å²) in [6, 6.07) is 1.65. The van der Waals surface area contributed by atoms with Crippen molar-refractivity contribution in [1.29, 1.82) is 0 Å². The number of nitrogens with zero attached hydrogens (tertiary/aromatic N) is 2. The van der Waals surface area contributed by atoms with E-state index >= 15 is 0 Å². The minimum absolute atomic E-state index is 0.140. The number of amides is 1. The Balaban J connectivity index is 1.99. The molecule has 1 amide bonds. The Hall–Kier alpha value is -1.30. The monoisotopic (exact) mass is 266 g/mol. The number of aryl methyl sites for hydroxylation is 1. The highest BCUT2D eigenvalue weighted by molar-refractivity contribution is 8.00. The van der Waals surface area contributed by atoms with Crippen LogP contribution in [0.15, 0.2) is 6.07 Å². The van der Waals surface area contributed by atoms with Crippen LogP contribution in [0.5, 0.6) is 0 Å². The van der Waals surface area contributed by atoms with Gasteiger partial charge in [-0.2, -0.15) is 11.8 Å². The molecule has 0 bridgehead atoms. The highest BCUT2D eigenvalue weighted by Crippen LogP contribution is 2.36. The molecule has 0 spiro atoms. The second-order valence-corrected chi connectivity index (χ2v) is 6.52. The second kappa shape index (κ2) is 5.14. The molecule has 1 unspecified atom stereocenters. The van der Waals surface area contributed by atoms with E-state index in [1.807, 2.05) is 11.8 Å². The van der Waals surface area contributed by atoms with Gasteiger partial charge in [-0.1, -0.05) is 0 Å². The lowest BCUT2D eigenvalue weighted by Crippen LogP contribution is -2.37. The number of carbonyl (C=O) groups is 1. The maximum atomic E-state index is 12.0. The van der Waals surface area contributed by atoms with Crippen LogP contribution in [-0.2, 0) is 0 Å². The van der Waals surface area contributed by atoms with Crippen LogP contribution in [-0.4, -0.2) is 32.9 Å². The quantitative estimate of drug-likeness (QED) is 0.864. The van der Waals surface area contributed by atoms with Gasteiger partial charge in [-0.25, -0.2) is 9.97 Å². The van der Waals surface area contributed by atoms with Crippen molar-refractivity contribution >= 4 is 23.6 Å². The van der Waals surface area contributed by atoms with Crippen LogP contribution in [0.1, 0.15) is 35.9 Å². The number of thioether (sulfide) groups is 1. The predicted octanol–water partition coefficient (Wildman–Crippen LogP) is 1.38. The van der Waals surface area contributed by atoms with Crippen LogP contribution in [0, 0.1) is 6.92 Å². The van der Waals surface area contributed by atoms with Crippen LogP contribution in [0.25, 0.3) is 0 Å². The number of nitrogen functional groups attached to an aromatic ring is 1. The fraction of sp³-hybridized carbons (Fsp3) is 0.583. The molecule has 1 aliphatic rings. The molecule has 2 rings (SSSR count). The summed E-state index contributed by atoms with van der Waals surface area (Å²) in [4.78, 5) is 19.9. The fourth-order valence-electron chi connectivity index (χ4n) is 2.04. The van der Waals surface area contributed by atoms with Crippen molar-refractivity contribution in [2.75, 3.05) is 18.0 Å². The molecule has 1 saturated heterocycles. The number of hydrogen-bond donors (Lipinski definition) is 2. The maximum Gasteiger partial charge on any atom is 0.270 e. The van der Waals surface area contributed by atoms with E-state index in [0.717, 1.165) is 6.42 Å². The summed E-state index contributed by atoms with van der Waals surface area (Å²) in [5.74, 6) is 1.13. The van der Waals surface area contributed by atoms with Crippen LogP contribution in [0.4, 0.5) is 5.95 Å². The van der Waals surface area contributed by atoms with Gasteiger partial charge in [-0.15, -0.1) is 0 Å². The van der Waals surface area contributed by atoms with Gasteiger partial charge in [0.25, 0.3) is 5.91 Å².